The fourth-order valence-corrected chi connectivity index (χ4v) is 2.96. The number of nitrogens with one attached hydrogen (secondary N) is 3. The Kier molecular flexibility index (Phi) is 8.83. The molecule has 0 bridgehead atoms. The van der Waals surface area contributed by atoms with E-state index in [-0.39, 0.29) is 11.7 Å². The van der Waals surface area contributed by atoms with Gasteiger partial charge in [0.25, 0.3) is 5.91 Å². The van der Waals surface area contributed by atoms with Crippen LogP contribution in [0.15, 0.2) is 48.5 Å². The van der Waals surface area contributed by atoms with E-state index < -0.39 is 15.9 Å². The summed E-state index contributed by atoms with van der Waals surface area (Å²) in [7, 11) is 0. The molecule has 0 fully saturated rings. The standard InChI is InChI=1S/C20H22Cl3N3O2S/c1-3-14-7-9-16(10-8-14)28-12-17(27)25-18(20(21,22)23)26-19(29)24-15-6-4-5-13(2)11-15/h4-11,18H,3,12H2,1-2H3,(H,25,27)(H2,24,26,29)/t18-/m1/s1. The third-order valence-corrected chi connectivity index (χ3v) is 4.76. The minimum Gasteiger partial charge on any atom is -0.484 e. The van der Waals surface area contributed by atoms with E-state index in [1.54, 1.807) is 12.1 Å². The molecule has 0 aromatic heterocycles. The first-order chi connectivity index (χ1) is 13.7. The van der Waals surface area contributed by atoms with Gasteiger partial charge in [-0.05, 0) is 61.0 Å². The molecule has 0 saturated carbocycles. The van der Waals surface area contributed by atoms with Crippen LogP contribution in [0.25, 0.3) is 0 Å². The van der Waals surface area contributed by atoms with Gasteiger partial charge in [0.15, 0.2) is 11.7 Å². The van der Waals surface area contributed by atoms with Crippen molar-refractivity contribution in [3.63, 3.8) is 0 Å². The van der Waals surface area contributed by atoms with Gasteiger partial charge in [0.1, 0.15) is 11.9 Å². The van der Waals surface area contributed by atoms with Crippen LogP contribution in [-0.2, 0) is 11.2 Å². The van der Waals surface area contributed by atoms with Crippen molar-refractivity contribution < 1.29 is 9.53 Å². The number of alkyl halides is 3. The molecule has 9 heteroatoms. The van der Waals surface area contributed by atoms with Gasteiger partial charge in [-0.15, -0.1) is 0 Å². The lowest BCUT2D eigenvalue weighted by molar-refractivity contribution is -0.123. The molecule has 0 heterocycles. The molecule has 0 aliphatic rings. The lowest BCUT2D eigenvalue weighted by Crippen LogP contribution is -2.56. The molecule has 5 nitrogen and oxygen atoms in total. The highest BCUT2D eigenvalue weighted by Crippen LogP contribution is 2.29. The number of thiocarbonyl (C=S) groups is 1. The van der Waals surface area contributed by atoms with E-state index in [1.807, 2.05) is 43.3 Å². The Bertz CT molecular complexity index is 842. The van der Waals surface area contributed by atoms with Crippen molar-refractivity contribution in [3.8, 4) is 5.75 Å². The zero-order chi connectivity index (χ0) is 21.4. The zero-order valence-electron chi connectivity index (χ0n) is 16.0. The molecule has 156 valence electrons. The van der Waals surface area contributed by atoms with Crippen molar-refractivity contribution in [2.45, 2.75) is 30.2 Å². The molecule has 0 spiro atoms. The van der Waals surface area contributed by atoms with Crippen molar-refractivity contribution in [3.05, 3.63) is 59.7 Å². The molecule has 0 aliphatic heterocycles. The Morgan fingerprint density at radius 2 is 1.83 bits per heavy atom. The van der Waals surface area contributed by atoms with Gasteiger partial charge >= 0.3 is 0 Å². The SMILES string of the molecule is CCc1ccc(OCC(=O)N[C@H](NC(=S)Nc2cccc(C)c2)C(Cl)(Cl)Cl)cc1. The summed E-state index contributed by atoms with van der Waals surface area (Å²) in [5.74, 6) is 0.110. The number of rotatable bonds is 7. The van der Waals surface area contributed by atoms with E-state index in [9.17, 15) is 4.79 Å². The second kappa shape index (κ2) is 10.9. The van der Waals surface area contributed by atoms with Gasteiger partial charge in [0.2, 0.25) is 3.79 Å². The van der Waals surface area contributed by atoms with Crippen molar-refractivity contribution in [1.82, 2.24) is 10.6 Å². The largest absolute Gasteiger partial charge is 0.484 e. The van der Waals surface area contributed by atoms with Crippen LogP contribution in [0.2, 0.25) is 0 Å². The molecule has 29 heavy (non-hydrogen) atoms. The number of aryl methyl sites for hydroxylation is 2. The monoisotopic (exact) mass is 473 g/mol. The molecule has 0 saturated heterocycles. The van der Waals surface area contributed by atoms with Gasteiger partial charge < -0.3 is 20.7 Å². The lowest BCUT2D eigenvalue weighted by Gasteiger charge is -2.27. The van der Waals surface area contributed by atoms with Crippen LogP contribution in [0, 0.1) is 6.92 Å². The number of ether oxygens (including phenoxy) is 1. The first-order valence-electron chi connectivity index (χ1n) is 8.89. The maximum absolute atomic E-state index is 12.3. The third kappa shape index (κ3) is 8.26. The van der Waals surface area contributed by atoms with Crippen LogP contribution in [-0.4, -0.2) is 27.6 Å². The summed E-state index contributed by atoms with van der Waals surface area (Å²) in [6.07, 6.45) is -0.135. The summed E-state index contributed by atoms with van der Waals surface area (Å²) in [6.45, 7) is 3.79. The number of hydrogen-bond acceptors (Lipinski definition) is 3. The molecular weight excluding hydrogens is 453 g/mol. The number of halogens is 3. The Morgan fingerprint density at radius 3 is 2.41 bits per heavy atom. The van der Waals surface area contributed by atoms with Crippen LogP contribution >= 0.6 is 47.0 Å². The molecule has 0 radical (unpaired) electrons. The summed E-state index contributed by atoms with van der Waals surface area (Å²) < 4.78 is 3.64. The molecule has 2 aromatic carbocycles. The highest BCUT2D eigenvalue weighted by Gasteiger charge is 2.34. The fourth-order valence-electron chi connectivity index (χ4n) is 2.39. The van der Waals surface area contributed by atoms with E-state index in [0.29, 0.717) is 5.75 Å². The van der Waals surface area contributed by atoms with Crippen LogP contribution in [0.3, 0.4) is 0 Å². The van der Waals surface area contributed by atoms with Crippen molar-refractivity contribution in [2.75, 3.05) is 11.9 Å². The van der Waals surface area contributed by atoms with Gasteiger partial charge in [0.05, 0.1) is 0 Å². The van der Waals surface area contributed by atoms with E-state index in [1.165, 1.54) is 5.56 Å². The Labute approximate surface area is 191 Å². The van der Waals surface area contributed by atoms with Crippen LogP contribution < -0.4 is 20.7 Å². The minimum absolute atomic E-state index is 0.197. The maximum Gasteiger partial charge on any atom is 0.259 e. The number of carbonyl (C=O) groups excluding carboxylic acids is 1. The van der Waals surface area contributed by atoms with Crippen molar-refractivity contribution in [1.29, 1.82) is 0 Å². The summed E-state index contributed by atoms with van der Waals surface area (Å²) in [5.41, 5.74) is 3.01. The molecule has 2 rings (SSSR count). The smallest absolute Gasteiger partial charge is 0.259 e. The Hall–Kier alpha value is -1.73. The van der Waals surface area contributed by atoms with Gasteiger partial charge in [-0.25, -0.2) is 0 Å². The van der Waals surface area contributed by atoms with Gasteiger partial charge in [0, 0.05) is 5.69 Å². The van der Waals surface area contributed by atoms with E-state index in [2.05, 4.69) is 22.9 Å². The second-order valence-electron chi connectivity index (χ2n) is 6.30. The number of benzene rings is 2. The van der Waals surface area contributed by atoms with Crippen molar-refractivity contribution in [2.24, 2.45) is 0 Å². The predicted molar refractivity (Wildman–Crippen MR) is 124 cm³/mol. The van der Waals surface area contributed by atoms with E-state index >= 15 is 0 Å². The summed E-state index contributed by atoms with van der Waals surface area (Å²) in [6, 6.07) is 15.1. The number of amides is 1. The zero-order valence-corrected chi connectivity index (χ0v) is 19.1. The molecule has 1 atom stereocenters. The molecule has 0 unspecified atom stereocenters. The highest BCUT2D eigenvalue weighted by molar-refractivity contribution is 7.80. The number of carbonyl (C=O) groups is 1. The Balaban J connectivity index is 1.91. The second-order valence-corrected chi connectivity index (χ2v) is 9.07. The van der Waals surface area contributed by atoms with Gasteiger partial charge in [-0.3, -0.25) is 4.79 Å². The maximum atomic E-state index is 12.3. The fraction of sp³-hybridized carbons (Fsp3) is 0.300. The minimum atomic E-state index is -1.84. The molecule has 2 aromatic rings. The molecule has 3 N–H and O–H groups in total. The first kappa shape index (κ1) is 23.5. The first-order valence-corrected chi connectivity index (χ1v) is 10.4. The third-order valence-electron chi connectivity index (χ3n) is 3.89. The molecule has 0 aliphatic carbocycles. The van der Waals surface area contributed by atoms with Crippen LogP contribution in [0.5, 0.6) is 5.75 Å². The lowest BCUT2D eigenvalue weighted by atomic mass is 10.2. The summed E-state index contributed by atoms with van der Waals surface area (Å²) in [4.78, 5) is 12.3. The normalized spacial score (nSPS) is 12.0. The number of hydrogen-bond donors (Lipinski definition) is 3. The van der Waals surface area contributed by atoms with Gasteiger partial charge in [-0.2, -0.15) is 0 Å². The molecular formula is C20H22Cl3N3O2S. The highest BCUT2D eigenvalue weighted by atomic mass is 35.6. The average molecular weight is 475 g/mol. The molecule has 1 amide bonds. The van der Waals surface area contributed by atoms with E-state index in [0.717, 1.165) is 17.7 Å². The van der Waals surface area contributed by atoms with Crippen molar-refractivity contribution >= 4 is 63.7 Å². The topological polar surface area (TPSA) is 62.4 Å². The summed E-state index contributed by atoms with van der Waals surface area (Å²) >= 11 is 23.2. The van der Waals surface area contributed by atoms with Crippen LogP contribution in [0.4, 0.5) is 5.69 Å². The average Bonchev–Trinajstić information content (AvgIpc) is 2.65. The quantitative estimate of drug-likeness (QED) is 0.307. The number of anilines is 1. The Morgan fingerprint density at radius 1 is 1.14 bits per heavy atom. The predicted octanol–water partition coefficient (Wildman–Crippen LogP) is 4.74. The van der Waals surface area contributed by atoms with E-state index in [4.69, 9.17) is 51.8 Å². The van der Waals surface area contributed by atoms with Crippen LogP contribution in [0.1, 0.15) is 18.1 Å². The van der Waals surface area contributed by atoms with Gasteiger partial charge in [-0.1, -0.05) is 66.0 Å². The summed E-state index contributed by atoms with van der Waals surface area (Å²) in [5, 5.41) is 8.57.